The van der Waals surface area contributed by atoms with Crippen LogP contribution in [0.5, 0.6) is 0 Å². The maximum absolute atomic E-state index is 14.3. The van der Waals surface area contributed by atoms with E-state index in [0.29, 0.717) is 25.1 Å². The van der Waals surface area contributed by atoms with E-state index in [1.165, 1.54) is 26.4 Å². The quantitative estimate of drug-likeness (QED) is 0.0648. The molecule has 0 spiro atoms. The Morgan fingerprint density at radius 3 is 1.87 bits per heavy atom. The maximum Gasteiger partial charge on any atom is 0.243 e. The van der Waals surface area contributed by atoms with Crippen molar-refractivity contribution in [1.82, 2.24) is 31.2 Å². The number of benzene rings is 3. The van der Waals surface area contributed by atoms with Gasteiger partial charge in [0.15, 0.2) is 0 Å². The van der Waals surface area contributed by atoms with Crippen LogP contribution in [0.4, 0.5) is 0 Å². The van der Waals surface area contributed by atoms with Gasteiger partial charge in [0.2, 0.25) is 29.5 Å². The third-order valence-corrected chi connectivity index (χ3v) is 8.60. The van der Waals surface area contributed by atoms with Crippen molar-refractivity contribution in [1.29, 1.82) is 0 Å². The zero-order valence-corrected chi connectivity index (χ0v) is 29.6. The van der Waals surface area contributed by atoms with Crippen LogP contribution >= 0.6 is 0 Å². The normalized spacial score (nSPS) is 13.7. The number of aromatic amines is 1. The third kappa shape index (κ3) is 11.7. The van der Waals surface area contributed by atoms with Crippen molar-refractivity contribution < 1.29 is 24.0 Å². The molecule has 11 N–H and O–H groups in total. The summed E-state index contributed by atoms with van der Waals surface area (Å²) in [4.78, 5) is 74.2. The van der Waals surface area contributed by atoms with E-state index in [1.807, 2.05) is 72.8 Å². The van der Waals surface area contributed by atoms with Gasteiger partial charge in [-0.1, -0.05) is 72.8 Å². The first-order chi connectivity index (χ1) is 24.8. The molecule has 3 aromatic carbocycles. The number of nitrogens with zero attached hydrogens (tertiary/aromatic N) is 1. The fraction of sp³-hybridized carbons (Fsp3) is 0.368. The van der Waals surface area contributed by atoms with Crippen molar-refractivity contribution in [2.24, 2.45) is 17.2 Å². The van der Waals surface area contributed by atoms with Crippen molar-refractivity contribution in [2.45, 2.75) is 82.1 Å². The van der Waals surface area contributed by atoms with Crippen molar-refractivity contribution >= 4 is 40.3 Å². The molecule has 1 heterocycles. The molecule has 0 saturated carbocycles. The Morgan fingerprint density at radius 1 is 0.712 bits per heavy atom. The summed E-state index contributed by atoms with van der Waals surface area (Å²) in [5, 5.41) is 13.0. The number of primary amides is 1. The van der Waals surface area contributed by atoms with Crippen LogP contribution in [-0.4, -0.2) is 75.8 Å². The van der Waals surface area contributed by atoms with Crippen LogP contribution in [0.25, 0.3) is 10.8 Å². The number of fused-ring (bicyclic) bond motifs is 1. The van der Waals surface area contributed by atoms with E-state index in [2.05, 4.69) is 31.2 Å². The third-order valence-electron chi connectivity index (χ3n) is 8.60. The van der Waals surface area contributed by atoms with E-state index in [0.717, 1.165) is 21.9 Å². The van der Waals surface area contributed by atoms with Gasteiger partial charge in [0.05, 0.1) is 11.9 Å². The van der Waals surface area contributed by atoms with E-state index < -0.39 is 59.2 Å². The zero-order valence-electron chi connectivity index (χ0n) is 29.6. The van der Waals surface area contributed by atoms with Crippen LogP contribution < -0.4 is 38.5 Å². The second kappa shape index (κ2) is 18.6. The number of hydrogen-bond acceptors (Lipinski definition) is 8. The lowest BCUT2D eigenvalue weighted by molar-refractivity contribution is -0.134. The maximum atomic E-state index is 14.3. The molecule has 14 heteroatoms. The molecule has 4 atom stereocenters. The number of rotatable bonds is 19. The molecule has 0 saturated heterocycles. The topological polar surface area (TPSA) is 240 Å². The largest absolute Gasteiger partial charge is 0.368 e. The molecule has 14 nitrogen and oxygen atoms in total. The highest BCUT2D eigenvalue weighted by atomic mass is 16.2. The summed E-state index contributed by atoms with van der Waals surface area (Å²) in [5.41, 5.74) is 18.0. The molecule has 1 unspecified atom stereocenters. The average Bonchev–Trinajstić information content (AvgIpc) is 3.63. The molecule has 5 amide bonds. The van der Waals surface area contributed by atoms with E-state index in [1.54, 1.807) is 0 Å². The highest BCUT2D eigenvalue weighted by molar-refractivity contribution is 5.96. The Morgan fingerprint density at radius 2 is 1.29 bits per heavy atom. The predicted molar refractivity (Wildman–Crippen MR) is 198 cm³/mol. The number of hydrogen-bond donors (Lipinski definition) is 8. The second-order valence-corrected chi connectivity index (χ2v) is 13.5. The number of H-pyrrole nitrogens is 1. The van der Waals surface area contributed by atoms with E-state index >= 15 is 0 Å². The van der Waals surface area contributed by atoms with Gasteiger partial charge in [0, 0.05) is 31.2 Å². The predicted octanol–water partition coefficient (Wildman–Crippen LogP) is 0.882. The van der Waals surface area contributed by atoms with Gasteiger partial charge in [-0.2, -0.15) is 0 Å². The van der Waals surface area contributed by atoms with E-state index in [9.17, 15) is 24.0 Å². The number of carbonyl (C=O) groups is 5. The number of imidazole rings is 1. The minimum atomic E-state index is -1.29. The molecule has 0 aliphatic carbocycles. The number of carbonyl (C=O) groups excluding carboxylic acids is 5. The van der Waals surface area contributed by atoms with E-state index in [4.69, 9.17) is 17.2 Å². The lowest BCUT2D eigenvalue weighted by Gasteiger charge is -2.27. The van der Waals surface area contributed by atoms with Crippen LogP contribution in [0.3, 0.4) is 0 Å². The number of amides is 5. The summed E-state index contributed by atoms with van der Waals surface area (Å²) in [7, 11) is 0. The van der Waals surface area contributed by atoms with E-state index in [-0.39, 0.29) is 25.7 Å². The summed E-state index contributed by atoms with van der Waals surface area (Å²) >= 11 is 0. The summed E-state index contributed by atoms with van der Waals surface area (Å²) in [6.45, 7) is 3.46. The Hall–Kier alpha value is -5.60. The van der Waals surface area contributed by atoms with Gasteiger partial charge >= 0.3 is 0 Å². The van der Waals surface area contributed by atoms with Gasteiger partial charge in [-0.3, -0.25) is 24.0 Å². The average molecular weight is 712 g/mol. The standard InChI is InChI=1S/C38H49N9O5/c1-38(2,41)37(52)47-32(21-28-22-42-23-43-28)36(51)46-31(20-25-15-16-26-12-6-7-13-27(26)18-25)35(50)45-30(19-24-10-4-3-5-11-24)34(49)44-29(33(40)48)14-8-9-17-39/h3-7,10-13,15-16,18,22-23,29-32H,8-9,14,17,19-21,39,41H2,1-2H3,(H2,40,48)(H,42,43)(H,44,49)(H,45,50)(H,46,51)(H,47,52)/t29-,30+,31?,32+/m0/s1. The van der Waals surface area contributed by atoms with Crippen molar-refractivity contribution in [3.63, 3.8) is 0 Å². The Labute approximate surface area is 303 Å². The lowest BCUT2D eigenvalue weighted by Crippen LogP contribution is -2.60. The minimum absolute atomic E-state index is 0.0374. The van der Waals surface area contributed by atoms with Gasteiger partial charge in [0.1, 0.15) is 24.2 Å². The van der Waals surface area contributed by atoms with Crippen LogP contribution in [0.1, 0.15) is 49.9 Å². The number of aromatic nitrogens is 2. The molecule has 276 valence electrons. The highest BCUT2D eigenvalue weighted by Gasteiger charge is 2.33. The molecule has 0 aliphatic heterocycles. The van der Waals surface area contributed by atoms with Crippen LogP contribution in [0.15, 0.2) is 85.3 Å². The first-order valence-corrected chi connectivity index (χ1v) is 17.3. The summed E-state index contributed by atoms with van der Waals surface area (Å²) in [6, 6.07) is 18.1. The summed E-state index contributed by atoms with van der Waals surface area (Å²) < 4.78 is 0. The molecule has 0 aliphatic rings. The molecule has 0 fully saturated rings. The van der Waals surface area contributed by atoms with Crippen molar-refractivity contribution in [2.75, 3.05) is 6.54 Å². The smallest absolute Gasteiger partial charge is 0.243 e. The number of nitrogens with two attached hydrogens (primary N) is 3. The minimum Gasteiger partial charge on any atom is -0.368 e. The van der Waals surface area contributed by atoms with Gasteiger partial charge in [-0.25, -0.2) is 4.98 Å². The number of nitrogens with one attached hydrogen (secondary N) is 5. The second-order valence-electron chi connectivity index (χ2n) is 13.5. The monoisotopic (exact) mass is 711 g/mol. The number of unbranched alkanes of at least 4 members (excludes halogenated alkanes) is 1. The highest BCUT2D eigenvalue weighted by Crippen LogP contribution is 2.17. The lowest BCUT2D eigenvalue weighted by atomic mass is 9.99. The zero-order chi connectivity index (χ0) is 37.7. The molecular weight excluding hydrogens is 662 g/mol. The van der Waals surface area contributed by atoms with Gasteiger partial charge in [0.25, 0.3) is 0 Å². The molecule has 4 aromatic rings. The van der Waals surface area contributed by atoms with Crippen molar-refractivity contribution in [3.05, 3.63) is 102 Å². The fourth-order valence-electron chi connectivity index (χ4n) is 5.63. The molecule has 0 bridgehead atoms. The fourth-order valence-corrected chi connectivity index (χ4v) is 5.63. The Bertz CT molecular complexity index is 1810. The molecule has 1 aromatic heterocycles. The van der Waals surface area contributed by atoms with Gasteiger partial charge < -0.3 is 43.5 Å². The summed E-state index contributed by atoms with van der Waals surface area (Å²) in [6.07, 6.45) is 4.66. The Kier molecular flexibility index (Phi) is 14.0. The first kappa shape index (κ1) is 39.2. The van der Waals surface area contributed by atoms with Crippen LogP contribution in [0.2, 0.25) is 0 Å². The van der Waals surface area contributed by atoms with Gasteiger partial charge in [-0.05, 0) is 61.6 Å². The first-order valence-electron chi connectivity index (χ1n) is 17.3. The van der Waals surface area contributed by atoms with Crippen molar-refractivity contribution in [3.8, 4) is 0 Å². The molecular formula is C38H49N9O5. The van der Waals surface area contributed by atoms with Gasteiger partial charge in [-0.15, -0.1) is 0 Å². The Balaban J connectivity index is 1.65. The van der Waals surface area contributed by atoms with Crippen LogP contribution in [-0.2, 0) is 43.2 Å². The SMILES string of the molecule is CC(C)(N)C(=O)N[C@H](Cc1cnc[nH]1)C(=O)NC(Cc1ccc2ccccc2c1)C(=O)N[C@H](Cc1ccccc1)C(=O)N[C@@H](CCCCN)C(N)=O. The molecule has 52 heavy (non-hydrogen) atoms. The molecule has 4 rings (SSSR count). The van der Waals surface area contributed by atoms with Crippen LogP contribution in [0, 0.1) is 0 Å². The summed E-state index contributed by atoms with van der Waals surface area (Å²) in [5.74, 6) is -3.19. The molecule has 0 radical (unpaired) electrons.